The molecule has 0 atom stereocenters. The van der Waals surface area contributed by atoms with E-state index in [4.69, 9.17) is 11.6 Å². The van der Waals surface area contributed by atoms with Gasteiger partial charge in [0, 0.05) is 42.1 Å². The zero-order valence-electron chi connectivity index (χ0n) is 14.5. The Morgan fingerprint density at radius 1 is 1.07 bits per heavy atom. The zero-order chi connectivity index (χ0) is 18.6. The number of imidazole rings is 1. The lowest BCUT2D eigenvalue weighted by Gasteiger charge is -2.12. The number of benzene rings is 2. The van der Waals surface area contributed by atoms with Gasteiger partial charge in [-0.15, -0.1) is 0 Å². The summed E-state index contributed by atoms with van der Waals surface area (Å²) in [5, 5.41) is 4.35. The number of nitrogens with zero attached hydrogens (tertiary/aromatic N) is 3. The molecule has 2 heterocycles. The smallest absolute Gasteiger partial charge is 0.253 e. The maximum atomic E-state index is 12.8. The molecule has 0 spiro atoms. The van der Waals surface area contributed by atoms with Crippen molar-refractivity contribution in [2.75, 3.05) is 0 Å². The second-order valence-corrected chi connectivity index (χ2v) is 6.65. The van der Waals surface area contributed by atoms with E-state index in [2.05, 4.69) is 21.4 Å². The van der Waals surface area contributed by atoms with Crippen LogP contribution in [0.15, 0.2) is 73.4 Å². The molecule has 0 bridgehead atoms. The van der Waals surface area contributed by atoms with Gasteiger partial charge in [-0.05, 0) is 29.3 Å². The topological polar surface area (TPSA) is 59.8 Å². The molecule has 2 aromatic carbocycles. The fourth-order valence-corrected chi connectivity index (χ4v) is 3.29. The zero-order valence-corrected chi connectivity index (χ0v) is 15.2. The Kier molecular flexibility index (Phi) is 4.85. The van der Waals surface area contributed by atoms with Crippen molar-refractivity contribution < 1.29 is 4.79 Å². The van der Waals surface area contributed by atoms with Crippen molar-refractivity contribution in [3.63, 3.8) is 0 Å². The van der Waals surface area contributed by atoms with E-state index >= 15 is 0 Å². The van der Waals surface area contributed by atoms with Gasteiger partial charge in [0.1, 0.15) is 0 Å². The van der Waals surface area contributed by atoms with Crippen LogP contribution in [-0.2, 0) is 13.1 Å². The van der Waals surface area contributed by atoms with Gasteiger partial charge in [0.15, 0.2) is 0 Å². The highest BCUT2D eigenvalue weighted by molar-refractivity contribution is 6.32. The van der Waals surface area contributed by atoms with Crippen molar-refractivity contribution in [3.8, 4) is 0 Å². The Hall–Kier alpha value is -3.18. The van der Waals surface area contributed by atoms with Gasteiger partial charge >= 0.3 is 0 Å². The first-order chi connectivity index (χ1) is 13.2. The van der Waals surface area contributed by atoms with E-state index in [1.54, 1.807) is 30.9 Å². The Balaban J connectivity index is 1.56. The molecule has 4 aromatic rings. The lowest BCUT2D eigenvalue weighted by atomic mass is 10.1. The minimum Gasteiger partial charge on any atom is -0.348 e. The number of hydrogen-bond donors (Lipinski definition) is 1. The van der Waals surface area contributed by atoms with Gasteiger partial charge in [0.25, 0.3) is 5.91 Å². The fraction of sp³-hybridized carbons (Fsp3) is 0.0952. The number of aromatic nitrogens is 3. The van der Waals surface area contributed by atoms with E-state index in [1.807, 2.05) is 41.1 Å². The predicted molar refractivity (Wildman–Crippen MR) is 106 cm³/mol. The molecule has 5 nitrogen and oxygen atoms in total. The second-order valence-electron chi connectivity index (χ2n) is 6.21. The van der Waals surface area contributed by atoms with Crippen molar-refractivity contribution in [3.05, 3.63) is 95.2 Å². The summed E-state index contributed by atoms with van der Waals surface area (Å²) in [5.74, 6) is -0.196. The number of nitrogens with one attached hydrogen (secondary N) is 1. The van der Waals surface area contributed by atoms with E-state index in [9.17, 15) is 4.79 Å². The molecule has 6 heteroatoms. The maximum Gasteiger partial charge on any atom is 0.253 e. The molecule has 1 N–H and O–H groups in total. The molecule has 0 aliphatic rings. The molecule has 0 unspecified atom stereocenters. The molecule has 1 amide bonds. The molecule has 134 valence electrons. The maximum absolute atomic E-state index is 12.8. The van der Waals surface area contributed by atoms with Gasteiger partial charge in [-0.2, -0.15) is 0 Å². The van der Waals surface area contributed by atoms with Gasteiger partial charge in [-0.1, -0.05) is 41.9 Å². The third kappa shape index (κ3) is 3.83. The molecule has 2 aromatic heterocycles. The highest BCUT2D eigenvalue weighted by atomic mass is 35.5. The monoisotopic (exact) mass is 376 g/mol. The van der Waals surface area contributed by atoms with Crippen molar-refractivity contribution in [1.29, 1.82) is 0 Å². The number of carbonyl (C=O) groups excluding carboxylic acids is 1. The van der Waals surface area contributed by atoms with E-state index in [0.29, 0.717) is 29.2 Å². The van der Waals surface area contributed by atoms with E-state index in [0.717, 1.165) is 16.5 Å². The Bertz CT molecular complexity index is 1090. The summed E-state index contributed by atoms with van der Waals surface area (Å²) in [6.45, 7) is 1.12. The Labute approximate surface area is 161 Å². The van der Waals surface area contributed by atoms with Crippen molar-refractivity contribution in [1.82, 2.24) is 19.9 Å². The third-order valence-corrected chi connectivity index (χ3v) is 4.60. The number of hydrogen-bond acceptors (Lipinski definition) is 3. The number of fused-ring (bicyclic) bond motifs is 1. The van der Waals surface area contributed by atoms with Gasteiger partial charge in [-0.25, -0.2) is 4.98 Å². The van der Waals surface area contributed by atoms with Gasteiger partial charge in [0.2, 0.25) is 0 Å². The Morgan fingerprint density at radius 3 is 2.74 bits per heavy atom. The molecule has 0 fully saturated rings. The normalized spacial score (nSPS) is 10.9. The van der Waals surface area contributed by atoms with Crippen LogP contribution in [0.2, 0.25) is 5.02 Å². The largest absolute Gasteiger partial charge is 0.348 e. The predicted octanol–water partition coefficient (Wildman–Crippen LogP) is 4.06. The van der Waals surface area contributed by atoms with Crippen LogP contribution in [0, 0.1) is 0 Å². The molecular formula is C21H17ClN4O. The van der Waals surface area contributed by atoms with Crippen LogP contribution < -0.4 is 5.32 Å². The van der Waals surface area contributed by atoms with Crippen LogP contribution in [0.3, 0.4) is 0 Å². The van der Waals surface area contributed by atoms with E-state index in [-0.39, 0.29) is 5.91 Å². The molecule has 4 rings (SSSR count). The number of amides is 1. The summed E-state index contributed by atoms with van der Waals surface area (Å²) in [4.78, 5) is 21.2. The molecular weight excluding hydrogens is 360 g/mol. The van der Waals surface area contributed by atoms with Crippen LogP contribution in [0.1, 0.15) is 21.5 Å². The second kappa shape index (κ2) is 7.60. The van der Waals surface area contributed by atoms with Crippen molar-refractivity contribution in [2.24, 2.45) is 0 Å². The average Bonchev–Trinajstić information content (AvgIpc) is 3.19. The van der Waals surface area contributed by atoms with Crippen molar-refractivity contribution >= 4 is 28.4 Å². The fourth-order valence-electron chi connectivity index (χ4n) is 3.06. The molecule has 0 radical (unpaired) electrons. The Morgan fingerprint density at radius 2 is 1.93 bits per heavy atom. The summed E-state index contributed by atoms with van der Waals surface area (Å²) >= 11 is 6.17. The summed E-state index contributed by atoms with van der Waals surface area (Å²) in [6, 6.07) is 15.2. The molecule has 27 heavy (non-hydrogen) atoms. The summed E-state index contributed by atoms with van der Waals surface area (Å²) in [6.07, 6.45) is 7.12. The molecule has 0 saturated heterocycles. The standard InChI is InChI=1S/C21H17ClN4O/c22-18-10-15-6-3-7-24-20(15)19(11-18)21(27)25-12-16-4-1-2-5-17(16)13-26-9-8-23-14-26/h1-11,14H,12-13H2,(H,25,27). The molecule has 0 saturated carbocycles. The third-order valence-electron chi connectivity index (χ3n) is 4.38. The van der Waals surface area contributed by atoms with Crippen LogP contribution in [-0.4, -0.2) is 20.4 Å². The van der Waals surface area contributed by atoms with Gasteiger partial charge < -0.3 is 9.88 Å². The summed E-state index contributed by atoms with van der Waals surface area (Å²) < 4.78 is 2.00. The minimum atomic E-state index is -0.196. The van der Waals surface area contributed by atoms with Crippen LogP contribution in [0.25, 0.3) is 10.9 Å². The van der Waals surface area contributed by atoms with Crippen LogP contribution >= 0.6 is 11.6 Å². The van der Waals surface area contributed by atoms with E-state index < -0.39 is 0 Å². The van der Waals surface area contributed by atoms with Gasteiger partial charge in [0.05, 0.1) is 17.4 Å². The van der Waals surface area contributed by atoms with Gasteiger partial charge in [-0.3, -0.25) is 9.78 Å². The summed E-state index contributed by atoms with van der Waals surface area (Å²) in [7, 11) is 0. The lowest BCUT2D eigenvalue weighted by Crippen LogP contribution is -2.24. The molecule has 0 aliphatic heterocycles. The number of pyridine rings is 1. The first kappa shape index (κ1) is 17.2. The van der Waals surface area contributed by atoms with Crippen molar-refractivity contribution in [2.45, 2.75) is 13.1 Å². The highest BCUT2D eigenvalue weighted by Gasteiger charge is 2.13. The quantitative estimate of drug-likeness (QED) is 0.571. The molecule has 0 aliphatic carbocycles. The van der Waals surface area contributed by atoms with Crippen LogP contribution in [0.4, 0.5) is 0 Å². The number of carbonyl (C=O) groups is 1. The highest BCUT2D eigenvalue weighted by Crippen LogP contribution is 2.22. The van der Waals surface area contributed by atoms with Crippen LogP contribution in [0.5, 0.6) is 0 Å². The lowest BCUT2D eigenvalue weighted by molar-refractivity contribution is 0.0952. The minimum absolute atomic E-state index is 0.196. The average molecular weight is 377 g/mol. The SMILES string of the molecule is O=C(NCc1ccccc1Cn1ccnc1)c1cc(Cl)cc2cccnc12. The first-order valence-corrected chi connectivity index (χ1v) is 8.93. The number of halogens is 1. The summed E-state index contributed by atoms with van der Waals surface area (Å²) in [5.41, 5.74) is 3.31. The van der Waals surface area contributed by atoms with E-state index in [1.165, 1.54) is 0 Å². The number of rotatable bonds is 5. The first-order valence-electron chi connectivity index (χ1n) is 8.56.